The summed E-state index contributed by atoms with van der Waals surface area (Å²) in [6, 6.07) is 4.92. The largest absolute Gasteiger partial charge is 0.356 e. The number of carbonyl (C=O) groups is 1. The first-order valence-corrected chi connectivity index (χ1v) is 10.3. The highest BCUT2D eigenvalue weighted by Crippen LogP contribution is 2.26. The third-order valence-corrected chi connectivity index (χ3v) is 6.30. The van der Waals surface area contributed by atoms with Crippen molar-refractivity contribution >= 4 is 15.9 Å². The molecule has 25 heavy (non-hydrogen) atoms. The highest BCUT2D eigenvalue weighted by atomic mass is 32.2. The van der Waals surface area contributed by atoms with E-state index >= 15 is 0 Å². The molecule has 1 atom stereocenters. The second-order valence-corrected chi connectivity index (χ2v) is 9.00. The SMILES string of the molecule is CC(C)CNC(=O)CCC1CCCN(S(=O)(=O)c2ccc(F)cc2)C1. The quantitative estimate of drug-likeness (QED) is 0.803. The van der Waals surface area contributed by atoms with Crippen LogP contribution in [0, 0.1) is 17.7 Å². The molecule has 1 aliphatic rings. The van der Waals surface area contributed by atoms with E-state index in [0.29, 0.717) is 38.4 Å². The zero-order chi connectivity index (χ0) is 18.4. The lowest BCUT2D eigenvalue weighted by Gasteiger charge is -2.32. The van der Waals surface area contributed by atoms with Gasteiger partial charge in [-0.15, -0.1) is 0 Å². The van der Waals surface area contributed by atoms with Crippen LogP contribution in [0.15, 0.2) is 29.2 Å². The topological polar surface area (TPSA) is 66.5 Å². The Labute approximate surface area is 149 Å². The first-order chi connectivity index (χ1) is 11.8. The van der Waals surface area contributed by atoms with Gasteiger partial charge in [0.15, 0.2) is 0 Å². The lowest BCUT2D eigenvalue weighted by atomic mass is 9.94. The van der Waals surface area contributed by atoms with Crippen LogP contribution in [0.1, 0.15) is 39.5 Å². The minimum Gasteiger partial charge on any atom is -0.356 e. The standard InChI is InChI=1S/C18H27FN2O3S/c1-14(2)12-20-18(22)10-5-15-4-3-11-21(13-15)25(23,24)17-8-6-16(19)7-9-17/h6-9,14-15H,3-5,10-13H2,1-2H3,(H,20,22). The van der Waals surface area contributed by atoms with E-state index in [-0.39, 0.29) is 16.7 Å². The molecule has 2 rings (SSSR count). The number of nitrogens with zero attached hydrogens (tertiary/aromatic N) is 1. The molecule has 0 radical (unpaired) electrons. The fraction of sp³-hybridized carbons (Fsp3) is 0.611. The normalized spacial score (nSPS) is 19.1. The van der Waals surface area contributed by atoms with Gasteiger partial charge >= 0.3 is 0 Å². The van der Waals surface area contributed by atoms with Crippen molar-refractivity contribution in [3.8, 4) is 0 Å². The molecule has 1 fully saturated rings. The molecule has 0 aliphatic carbocycles. The van der Waals surface area contributed by atoms with Crippen LogP contribution in [0.4, 0.5) is 4.39 Å². The molecule has 1 heterocycles. The van der Waals surface area contributed by atoms with Crippen LogP contribution in [-0.4, -0.2) is 38.3 Å². The molecule has 1 saturated heterocycles. The summed E-state index contributed by atoms with van der Waals surface area (Å²) in [4.78, 5) is 12.0. The van der Waals surface area contributed by atoms with E-state index in [1.807, 2.05) is 13.8 Å². The van der Waals surface area contributed by atoms with Gasteiger partial charge in [0.05, 0.1) is 4.90 Å². The summed E-state index contributed by atoms with van der Waals surface area (Å²) in [6.07, 6.45) is 2.80. The van der Waals surface area contributed by atoms with E-state index in [9.17, 15) is 17.6 Å². The van der Waals surface area contributed by atoms with E-state index in [0.717, 1.165) is 25.0 Å². The average molecular weight is 370 g/mol. The van der Waals surface area contributed by atoms with Gasteiger partial charge in [-0.1, -0.05) is 13.8 Å². The number of halogens is 1. The van der Waals surface area contributed by atoms with Crippen LogP contribution in [0.5, 0.6) is 0 Å². The minimum atomic E-state index is -3.61. The van der Waals surface area contributed by atoms with Gasteiger partial charge in [-0.25, -0.2) is 12.8 Å². The molecule has 140 valence electrons. The van der Waals surface area contributed by atoms with Crippen molar-refractivity contribution in [2.45, 2.75) is 44.4 Å². The second-order valence-electron chi connectivity index (χ2n) is 7.06. The van der Waals surface area contributed by atoms with E-state index in [1.165, 1.54) is 16.4 Å². The molecule has 1 unspecified atom stereocenters. The van der Waals surface area contributed by atoms with Crippen LogP contribution in [0.3, 0.4) is 0 Å². The Kier molecular flexibility index (Phi) is 6.95. The number of rotatable bonds is 7. The maximum atomic E-state index is 13.0. The summed E-state index contributed by atoms with van der Waals surface area (Å²) in [5.41, 5.74) is 0. The second kappa shape index (κ2) is 8.76. The Balaban J connectivity index is 1.91. The molecule has 1 amide bonds. The van der Waals surface area contributed by atoms with E-state index < -0.39 is 15.8 Å². The summed E-state index contributed by atoms with van der Waals surface area (Å²) in [5, 5.41) is 2.89. The third-order valence-electron chi connectivity index (χ3n) is 4.42. The Bertz CT molecular complexity index is 674. The van der Waals surface area contributed by atoms with Crippen molar-refractivity contribution in [3.63, 3.8) is 0 Å². The molecule has 1 aliphatic heterocycles. The van der Waals surface area contributed by atoms with Gasteiger partial charge in [0.25, 0.3) is 0 Å². The van der Waals surface area contributed by atoms with Crippen molar-refractivity contribution in [2.24, 2.45) is 11.8 Å². The Hall–Kier alpha value is -1.47. The summed E-state index contributed by atoms with van der Waals surface area (Å²) < 4.78 is 39.8. The number of piperidine rings is 1. The summed E-state index contributed by atoms with van der Waals surface area (Å²) in [5.74, 6) is 0.152. The first kappa shape index (κ1) is 19.8. The van der Waals surface area contributed by atoms with Crippen molar-refractivity contribution < 1.29 is 17.6 Å². The zero-order valence-electron chi connectivity index (χ0n) is 14.9. The molecule has 0 bridgehead atoms. The van der Waals surface area contributed by atoms with Crippen LogP contribution in [0.2, 0.25) is 0 Å². The Morgan fingerprint density at radius 1 is 1.32 bits per heavy atom. The summed E-state index contributed by atoms with van der Waals surface area (Å²) in [6.45, 7) is 5.63. The maximum Gasteiger partial charge on any atom is 0.243 e. The first-order valence-electron chi connectivity index (χ1n) is 8.81. The van der Waals surface area contributed by atoms with Crippen LogP contribution >= 0.6 is 0 Å². The lowest BCUT2D eigenvalue weighted by Crippen LogP contribution is -2.40. The highest BCUT2D eigenvalue weighted by Gasteiger charge is 2.30. The summed E-state index contributed by atoms with van der Waals surface area (Å²) >= 11 is 0. The van der Waals surface area contributed by atoms with Crippen LogP contribution < -0.4 is 5.32 Å². The molecule has 0 saturated carbocycles. The van der Waals surface area contributed by atoms with Gasteiger partial charge in [0.1, 0.15) is 5.82 Å². The fourth-order valence-corrected chi connectivity index (χ4v) is 4.53. The smallest absolute Gasteiger partial charge is 0.243 e. The van der Waals surface area contributed by atoms with Crippen molar-refractivity contribution in [1.82, 2.24) is 9.62 Å². The number of hydrogen-bond donors (Lipinski definition) is 1. The fourth-order valence-electron chi connectivity index (χ4n) is 2.98. The maximum absolute atomic E-state index is 13.0. The molecule has 0 spiro atoms. The van der Waals surface area contributed by atoms with E-state index in [2.05, 4.69) is 5.32 Å². The van der Waals surface area contributed by atoms with Gasteiger partial charge in [0.2, 0.25) is 15.9 Å². The monoisotopic (exact) mass is 370 g/mol. The number of sulfonamides is 1. The predicted octanol–water partition coefficient (Wildman–Crippen LogP) is 2.78. The predicted molar refractivity (Wildman–Crippen MR) is 95.0 cm³/mol. The Morgan fingerprint density at radius 2 is 2.00 bits per heavy atom. The summed E-state index contributed by atoms with van der Waals surface area (Å²) in [7, 11) is -3.61. The number of carbonyl (C=O) groups excluding carboxylic acids is 1. The minimum absolute atomic E-state index is 0.0206. The van der Waals surface area contributed by atoms with E-state index in [1.54, 1.807) is 0 Å². The Morgan fingerprint density at radius 3 is 2.64 bits per heavy atom. The van der Waals surface area contributed by atoms with Crippen molar-refractivity contribution in [2.75, 3.05) is 19.6 Å². The van der Waals surface area contributed by atoms with Gasteiger partial charge in [-0.3, -0.25) is 4.79 Å². The highest BCUT2D eigenvalue weighted by molar-refractivity contribution is 7.89. The number of hydrogen-bond acceptors (Lipinski definition) is 3. The van der Waals surface area contributed by atoms with E-state index in [4.69, 9.17) is 0 Å². The molecule has 0 aromatic heterocycles. The van der Waals surface area contributed by atoms with Crippen molar-refractivity contribution in [1.29, 1.82) is 0 Å². The molecule has 7 heteroatoms. The third kappa shape index (κ3) is 5.78. The molecule has 5 nitrogen and oxygen atoms in total. The van der Waals surface area contributed by atoms with Gasteiger partial charge in [-0.2, -0.15) is 4.31 Å². The number of amides is 1. The zero-order valence-corrected chi connectivity index (χ0v) is 15.7. The molecular weight excluding hydrogens is 343 g/mol. The number of nitrogens with one attached hydrogen (secondary N) is 1. The van der Waals surface area contributed by atoms with Gasteiger partial charge in [0, 0.05) is 26.1 Å². The van der Waals surface area contributed by atoms with Crippen LogP contribution in [-0.2, 0) is 14.8 Å². The lowest BCUT2D eigenvalue weighted by molar-refractivity contribution is -0.121. The van der Waals surface area contributed by atoms with Gasteiger partial charge in [-0.05, 0) is 55.4 Å². The molecule has 1 aromatic rings. The molecule has 1 aromatic carbocycles. The molecule has 1 N–H and O–H groups in total. The van der Waals surface area contributed by atoms with Gasteiger partial charge < -0.3 is 5.32 Å². The number of benzene rings is 1. The molecular formula is C18H27FN2O3S. The van der Waals surface area contributed by atoms with Crippen LogP contribution in [0.25, 0.3) is 0 Å². The van der Waals surface area contributed by atoms with Crippen molar-refractivity contribution in [3.05, 3.63) is 30.1 Å². The average Bonchev–Trinajstić information content (AvgIpc) is 2.59.